The summed E-state index contributed by atoms with van der Waals surface area (Å²) in [6.45, 7) is -0.238. The van der Waals surface area contributed by atoms with E-state index >= 15 is 0 Å². The topological polar surface area (TPSA) is 142 Å². The van der Waals surface area contributed by atoms with Crippen LogP contribution in [0, 0.1) is 0 Å². The van der Waals surface area contributed by atoms with E-state index in [-0.39, 0.29) is 36.4 Å². The van der Waals surface area contributed by atoms with Crippen molar-refractivity contribution in [3.8, 4) is 0 Å². The molecule has 3 aromatic heterocycles. The number of carbonyl (C=O) groups excluding carboxylic acids is 1. The highest BCUT2D eigenvalue weighted by atomic mass is 35.5. The number of amides is 1. The zero-order valence-corrected chi connectivity index (χ0v) is 26.1. The minimum Gasteiger partial charge on any atom is -0.445 e. The average molecular weight is 708 g/mol. The predicted octanol–water partition coefficient (Wildman–Crippen LogP) is 6.63. The minimum absolute atomic E-state index is 0.0374. The number of halogens is 4. The summed E-state index contributed by atoms with van der Waals surface area (Å²) >= 11 is 13.1. The molecule has 2 aromatic carbocycles. The number of primary amides is 1. The maximum Gasteiger partial charge on any atom is 0.404 e. The van der Waals surface area contributed by atoms with Gasteiger partial charge in [0.15, 0.2) is 5.82 Å². The number of fused-ring (bicyclic) bond motifs is 1. The van der Waals surface area contributed by atoms with Gasteiger partial charge in [0.05, 0.1) is 26.1 Å². The molecule has 0 aliphatic carbocycles. The van der Waals surface area contributed by atoms with Gasteiger partial charge in [-0.05, 0) is 41.5 Å². The Kier molecular flexibility index (Phi) is 8.70. The SMILES string of the molecule is NC(=O)OCc1cccc(Cn2nc(N(S(=O)(=O)c3ccc(Cl)s3)S(=O)(=O)c3ccc(Cl)s3)c3c(C(F)F)cccc32)c1. The normalized spacial score (nSPS) is 12.2. The van der Waals surface area contributed by atoms with E-state index in [0.717, 1.165) is 18.2 Å². The van der Waals surface area contributed by atoms with E-state index < -0.39 is 52.4 Å². The van der Waals surface area contributed by atoms with Crippen LogP contribution in [-0.4, -0.2) is 32.7 Å². The second-order valence-corrected chi connectivity index (χ2v) is 16.5. The van der Waals surface area contributed by atoms with Crippen molar-refractivity contribution in [2.45, 2.75) is 28.0 Å². The maximum atomic E-state index is 14.4. The number of sulfonamides is 2. The number of anilines is 1. The fourth-order valence-electron chi connectivity index (χ4n) is 4.20. The Bertz CT molecular complexity index is 1990. The second-order valence-electron chi connectivity index (χ2n) is 8.78. The first-order chi connectivity index (χ1) is 20.3. The summed E-state index contributed by atoms with van der Waals surface area (Å²) in [6, 6.07) is 15.2. The molecule has 0 saturated carbocycles. The van der Waals surface area contributed by atoms with E-state index in [9.17, 15) is 30.4 Å². The Labute approximate surface area is 261 Å². The molecule has 0 radical (unpaired) electrons. The van der Waals surface area contributed by atoms with Crippen LogP contribution in [0.15, 0.2) is 75.1 Å². The van der Waals surface area contributed by atoms with Crippen LogP contribution in [0.25, 0.3) is 10.9 Å². The monoisotopic (exact) mass is 706 g/mol. The molecule has 0 unspecified atom stereocenters. The lowest BCUT2D eigenvalue weighted by Gasteiger charge is -2.21. The first-order valence-electron chi connectivity index (χ1n) is 11.9. The highest BCUT2D eigenvalue weighted by Crippen LogP contribution is 2.42. The summed E-state index contributed by atoms with van der Waals surface area (Å²) in [6.07, 6.45) is -4.09. The van der Waals surface area contributed by atoms with E-state index in [1.54, 1.807) is 24.3 Å². The number of alkyl halides is 2. The number of nitrogens with two attached hydrogens (primary N) is 1. The van der Waals surface area contributed by atoms with Crippen molar-refractivity contribution in [1.29, 1.82) is 0 Å². The quantitative estimate of drug-likeness (QED) is 0.172. The predicted molar refractivity (Wildman–Crippen MR) is 160 cm³/mol. The van der Waals surface area contributed by atoms with Crippen LogP contribution in [0.4, 0.5) is 19.4 Å². The lowest BCUT2D eigenvalue weighted by atomic mass is 10.1. The molecule has 0 saturated heterocycles. The van der Waals surface area contributed by atoms with Gasteiger partial charge in [-0.25, -0.2) is 13.6 Å². The summed E-state index contributed by atoms with van der Waals surface area (Å²) in [5.41, 5.74) is 5.55. The summed E-state index contributed by atoms with van der Waals surface area (Å²) in [5.74, 6) is -0.756. The molecule has 43 heavy (non-hydrogen) atoms. The zero-order valence-electron chi connectivity index (χ0n) is 21.4. The molecule has 226 valence electrons. The Hall–Kier alpha value is -3.28. The second kappa shape index (κ2) is 12.0. The van der Waals surface area contributed by atoms with Crippen molar-refractivity contribution in [1.82, 2.24) is 9.78 Å². The van der Waals surface area contributed by atoms with Crippen molar-refractivity contribution in [3.63, 3.8) is 0 Å². The van der Waals surface area contributed by atoms with Crippen LogP contribution in [0.1, 0.15) is 23.1 Å². The largest absolute Gasteiger partial charge is 0.445 e. The number of ether oxygens (including phenoxy) is 1. The number of thiophene rings is 2. The molecular weight excluding hydrogens is 689 g/mol. The number of nitrogens with zero attached hydrogens (tertiary/aromatic N) is 3. The molecule has 3 heterocycles. The van der Waals surface area contributed by atoms with Gasteiger partial charge in [0, 0.05) is 5.56 Å². The number of benzene rings is 2. The fraction of sp³-hybridized carbons (Fsp3) is 0.120. The number of aromatic nitrogens is 2. The van der Waals surface area contributed by atoms with E-state index in [2.05, 4.69) is 5.10 Å². The lowest BCUT2D eigenvalue weighted by Crippen LogP contribution is -2.37. The average Bonchev–Trinajstić information content (AvgIpc) is 3.67. The van der Waals surface area contributed by atoms with Gasteiger partial charge in [-0.3, -0.25) is 4.68 Å². The number of carbonyl (C=O) groups is 1. The molecule has 10 nitrogen and oxygen atoms in total. The lowest BCUT2D eigenvalue weighted by molar-refractivity contribution is 0.150. The first-order valence-corrected chi connectivity index (χ1v) is 17.1. The van der Waals surface area contributed by atoms with Gasteiger partial charge in [0.25, 0.3) is 26.5 Å². The molecular formula is C25H18Cl2F2N4O6S4. The Morgan fingerprint density at radius 2 is 1.51 bits per heavy atom. The van der Waals surface area contributed by atoms with Gasteiger partial charge in [-0.2, -0.15) is 21.9 Å². The van der Waals surface area contributed by atoms with Gasteiger partial charge in [0.2, 0.25) is 0 Å². The zero-order chi connectivity index (χ0) is 31.1. The summed E-state index contributed by atoms with van der Waals surface area (Å²) in [7, 11) is -9.97. The third-order valence-corrected chi connectivity index (χ3v) is 13.4. The van der Waals surface area contributed by atoms with Crippen LogP contribution in [0.3, 0.4) is 0 Å². The minimum atomic E-state index is -4.98. The highest BCUT2D eigenvalue weighted by molar-refractivity contribution is 8.11. The van der Waals surface area contributed by atoms with Gasteiger partial charge in [0.1, 0.15) is 15.0 Å². The van der Waals surface area contributed by atoms with Gasteiger partial charge >= 0.3 is 6.09 Å². The molecule has 0 spiro atoms. The van der Waals surface area contributed by atoms with E-state index in [1.165, 1.54) is 28.9 Å². The van der Waals surface area contributed by atoms with Crippen LogP contribution < -0.4 is 9.44 Å². The smallest absolute Gasteiger partial charge is 0.404 e. The Morgan fingerprint density at radius 3 is 2.05 bits per heavy atom. The van der Waals surface area contributed by atoms with E-state index in [4.69, 9.17) is 33.7 Å². The number of hydrogen-bond acceptors (Lipinski definition) is 9. The molecule has 5 rings (SSSR count). The Balaban J connectivity index is 1.76. The highest BCUT2D eigenvalue weighted by Gasteiger charge is 2.42. The number of hydrogen-bond donors (Lipinski definition) is 1. The molecule has 0 fully saturated rings. The molecule has 1 amide bonds. The van der Waals surface area contributed by atoms with Gasteiger partial charge in [-0.1, -0.05) is 59.6 Å². The van der Waals surface area contributed by atoms with Crippen LogP contribution >= 0.6 is 45.9 Å². The van der Waals surface area contributed by atoms with Gasteiger partial charge in [-0.15, -0.1) is 26.4 Å². The van der Waals surface area contributed by atoms with Crippen molar-refractivity contribution in [2.75, 3.05) is 3.71 Å². The third kappa shape index (κ3) is 6.21. The van der Waals surface area contributed by atoms with Crippen LogP contribution in [-0.2, 0) is 37.9 Å². The molecule has 0 atom stereocenters. The molecule has 5 aromatic rings. The van der Waals surface area contributed by atoms with Crippen LogP contribution in [0.5, 0.6) is 0 Å². The first kappa shape index (κ1) is 31.2. The molecule has 2 N–H and O–H groups in total. The third-order valence-electron chi connectivity index (χ3n) is 5.95. The van der Waals surface area contributed by atoms with Crippen molar-refractivity contribution in [3.05, 3.63) is 92.1 Å². The molecule has 0 bridgehead atoms. The van der Waals surface area contributed by atoms with Crippen LogP contribution in [0.2, 0.25) is 8.67 Å². The number of rotatable bonds is 10. The molecule has 0 aliphatic rings. The fourth-order valence-corrected chi connectivity index (χ4v) is 11.2. The van der Waals surface area contributed by atoms with Crippen molar-refractivity contribution in [2.24, 2.45) is 5.73 Å². The summed E-state index contributed by atoms with van der Waals surface area (Å²) < 4.78 is 90.1. The van der Waals surface area contributed by atoms with E-state index in [0.29, 0.717) is 33.8 Å². The maximum absolute atomic E-state index is 14.4. The standard InChI is InChI=1S/C25H18Cl2F2N4O6S4/c26-18-7-9-20(40-18)42(35,36)33(43(37,38)21-10-8-19(27)41-21)24-22-16(23(28)29)5-2-6-17(22)32(31-24)12-14-3-1-4-15(11-14)13-39-25(30)34/h1-11,23H,12-13H2,(H2,30,34). The van der Waals surface area contributed by atoms with Gasteiger partial charge < -0.3 is 10.5 Å². The molecule has 18 heteroatoms. The van der Waals surface area contributed by atoms with Crippen molar-refractivity contribution >= 4 is 88.7 Å². The van der Waals surface area contributed by atoms with E-state index in [1.807, 2.05) is 0 Å². The van der Waals surface area contributed by atoms with Crippen molar-refractivity contribution < 1.29 is 35.1 Å². The summed E-state index contributed by atoms with van der Waals surface area (Å²) in [5, 5.41) is 3.93. The molecule has 0 aliphatic heterocycles. The Morgan fingerprint density at radius 1 is 0.930 bits per heavy atom. The summed E-state index contributed by atoms with van der Waals surface area (Å²) in [4.78, 5) is 11.0.